The topological polar surface area (TPSA) is 66.8 Å². The van der Waals surface area contributed by atoms with Gasteiger partial charge in [0.05, 0.1) is 11.6 Å². The molecule has 0 spiro atoms. The van der Waals surface area contributed by atoms with Gasteiger partial charge in [-0.3, -0.25) is 9.59 Å². The van der Waals surface area contributed by atoms with E-state index in [9.17, 15) is 14.7 Å². The highest BCUT2D eigenvalue weighted by molar-refractivity contribution is 6.46. The molecule has 32 heavy (non-hydrogen) atoms. The Morgan fingerprint density at radius 1 is 1.00 bits per heavy atom. The molecular weight excluding hydrogens is 402 g/mol. The minimum absolute atomic E-state index is 0.0724. The van der Waals surface area contributed by atoms with E-state index in [2.05, 4.69) is 0 Å². The Bertz CT molecular complexity index is 1220. The molecule has 0 bridgehead atoms. The Labute approximate surface area is 186 Å². The summed E-state index contributed by atoms with van der Waals surface area (Å²) in [4.78, 5) is 27.8. The van der Waals surface area contributed by atoms with Gasteiger partial charge in [-0.15, -0.1) is 0 Å². The maximum Gasteiger partial charge on any atom is 0.295 e. The Morgan fingerprint density at radius 3 is 2.41 bits per heavy atom. The zero-order chi connectivity index (χ0) is 22.2. The maximum atomic E-state index is 13.2. The predicted molar refractivity (Wildman–Crippen MR) is 121 cm³/mol. The van der Waals surface area contributed by atoms with E-state index in [0.29, 0.717) is 5.56 Å². The van der Waals surface area contributed by atoms with Crippen LogP contribution in [0.4, 0.5) is 0 Å². The Hall–Kier alpha value is -3.86. The van der Waals surface area contributed by atoms with Crippen molar-refractivity contribution >= 4 is 17.4 Å². The van der Waals surface area contributed by atoms with E-state index >= 15 is 0 Å². The van der Waals surface area contributed by atoms with E-state index in [4.69, 9.17) is 4.74 Å². The lowest BCUT2D eigenvalue weighted by Crippen LogP contribution is -2.29. The number of rotatable bonds is 4. The van der Waals surface area contributed by atoms with Crippen LogP contribution >= 0.6 is 0 Å². The molecule has 3 aromatic carbocycles. The molecule has 0 aliphatic carbocycles. The minimum atomic E-state index is -0.669. The number of fused-ring (bicyclic) bond motifs is 1. The molecule has 5 heteroatoms. The lowest BCUT2D eigenvalue weighted by atomic mass is 9.94. The largest absolute Gasteiger partial charge is 0.507 e. The number of hydrogen-bond donors (Lipinski definition) is 1. The third-order valence-corrected chi connectivity index (χ3v) is 6.02. The summed E-state index contributed by atoms with van der Waals surface area (Å²) in [5.41, 5.74) is 3.31. The van der Waals surface area contributed by atoms with Crippen molar-refractivity contribution < 1.29 is 19.4 Å². The van der Waals surface area contributed by atoms with Gasteiger partial charge >= 0.3 is 0 Å². The lowest BCUT2D eigenvalue weighted by molar-refractivity contribution is -0.140. The molecule has 5 nitrogen and oxygen atoms in total. The molecule has 0 radical (unpaired) electrons. The predicted octanol–water partition coefficient (Wildman–Crippen LogP) is 4.63. The summed E-state index contributed by atoms with van der Waals surface area (Å²) in [5.74, 6) is -0.645. The Morgan fingerprint density at radius 2 is 1.69 bits per heavy atom. The molecule has 1 N–H and O–H groups in total. The fourth-order valence-corrected chi connectivity index (χ4v) is 4.53. The molecule has 2 aliphatic rings. The van der Waals surface area contributed by atoms with Crippen LogP contribution in [-0.4, -0.2) is 27.8 Å². The average Bonchev–Trinajstić information content (AvgIpc) is 3.31. The van der Waals surface area contributed by atoms with E-state index in [0.717, 1.165) is 28.9 Å². The molecule has 2 atom stereocenters. The summed E-state index contributed by atoms with van der Waals surface area (Å²) >= 11 is 0. The van der Waals surface area contributed by atoms with Crippen LogP contribution in [0.3, 0.4) is 0 Å². The van der Waals surface area contributed by atoms with Crippen LogP contribution < -0.4 is 4.74 Å². The Kier molecular flexibility index (Phi) is 5.02. The molecule has 3 aromatic rings. The molecule has 5 rings (SSSR count). The van der Waals surface area contributed by atoms with Crippen molar-refractivity contribution in [2.24, 2.45) is 0 Å². The van der Waals surface area contributed by atoms with Crippen LogP contribution in [0, 0.1) is 0 Å². The smallest absolute Gasteiger partial charge is 0.295 e. The molecule has 2 heterocycles. The number of amides is 1. The summed E-state index contributed by atoms with van der Waals surface area (Å²) in [6.45, 7) is 2.27. The number of nitrogens with zero attached hydrogens (tertiary/aromatic N) is 1. The van der Waals surface area contributed by atoms with Crippen molar-refractivity contribution in [3.05, 3.63) is 107 Å². The third kappa shape index (κ3) is 3.46. The van der Waals surface area contributed by atoms with Crippen molar-refractivity contribution in [3.8, 4) is 5.75 Å². The number of Topliss-reactive ketones (excluding diaryl/α,β-unsaturated/α-hetero) is 1. The van der Waals surface area contributed by atoms with E-state index in [-0.39, 0.29) is 24.0 Å². The number of aliphatic hydroxyl groups excluding tert-OH is 1. The van der Waals surface area contributed by atoms with Crippen LogP contribution in [0.1, 0.15) is 35.2 Å². The second kappa shape index (κ2) is 8.00. The summed E-state index contributed by atoms with van der Waals surface area (Å²) in [6, 6.07) is 23.6. The third-order valence-electron chi connectivity index (χ3n) is 6.02. The zero-order valence-corrected chi connectivity index (χ0v) is 17.7. The van der Waals surface area contributed by atoms with Crippen LogP contribution in [0.15, 0.2) is 84.4 Å². The van der Waals surface area contributed by atoms with Crippen LogP contribution in [0.2, 0.25) is 0 Å². The number of carbonyl (C=O) groups is 2. The van der Waals surface area contributed by atoms with Crippen molar-refractivity contribution in [3.63, 3.8) is 0 Å². The fraction of sp³-hybridized carbons (Fsp3) is 0.185. The molecular formula is C27H23NO4. The number of likely N-dealkylation sites (tertiary alicyclic amines) is 1. The first-order valence-electron chi connectivity index (χ1n) is 10.7. The van der Waals surface area contributed by atoms with Gasteiger partial charge in [0.25, 0.3) is 11.7 Å². The lowest BCUT2D eigenvalue weighted by Gasteiger charge is -2.25. The van der Waals surface area contributed by atoms with Crippen LogP contribution in [0.25, 0.3) is 5.76 Å². The first-order valence-corrected chi connectivity index (χ1v) is 10.7. The number of ether oxygens (including phenoxy) is 1. The van der Waals surface area contributed by atoms with E-state index < -0.39 is 17.7 Å². The quantitative estimate of drug-likeness (QED) is 0.376. The minimum Gasteiger partial charge on any atom is -0.507 e. The summed E-state index contributed by atoms with van der Waals surface area (Å²) in [7, 11) is 0. The molecule has 2 aliphatic heterocycles. The van der Waals surface area contributed by atoms with Gasteiger partial charge in [0.1, 0.15) is 17.6 Å². The van der Waals surface area contributed by atoms with Gasteiger partial charge in [0.2, 0.25) is 0 Å². The number of benzene rings is 3. The average molecular weight is 425 g/mol. The first-order chi connectivity index (χ1) is 15.5. The molecule has 1 amide bonds. The highest BCUT2D eigenvalue weighted by atomic mass is 16.5. The standard InChI is InChI=1S/C27H23NO4/c1-17-14-21-15-20(12-13-22(21)32-17)25(29)23-24(19-10-6-3-7-11-19)28(27(31)26(23)30)16-18-8-4-2-5-9-18/h2-13,15,17,24,29H,14,16H2,1H3/b25-23+/t17-,24-/m1/s1. The van der Waals surface area contributed by atoms with Crippen molar-refractivity contribution in [2.75, 3.05) is 0 Å². The summed E-state index contributed by atoms with van der Waals surface area (Å²) < 4.78 is 5.75. The number of hydrogen-bond acceptors (Lipinski definition) is 4. The van der Waals surface area contributed by atoms with Crippen LogP contribution in [-0.2, 0) is 22.6 Å². The molecule has 1 fully saturated rings. The van der Waals surface area contributed by atoms with Gasteiger partial charge in [0, 0.05) is 18.5 Å². The fourth-order valence-electron chi connectivity index (χ4n) is 4.53. The molecule has 160 valence electrons. The number of ketones is 1. The number of carbonyl (C=O) groups excluding carboxylic acids is 2. The summed E-state index contributed by atoms with van der Waals surface area (Å²) in [6.07, 6.45) is 0.809. The van der Waals surface area contributed by atoms with Crippen molar-refractivity contribution in [1.82, 2.24) is 4.90 Å². The summed E-state index contributed by atoms with van der Waals surface area (Å²) in [5, 5.41) is 11.3. The van der Waals surface area contributed by atoms with Gasteiger partial charge in [-0.2, -0.15) is 0 Å². The monoisotopic (exact) mass is 425 g/mol. The normalized spacial score (nSPS) is 21.5. The van der Waals surface area contributed by atoms with Crippen molar-refractivity contribution in [1.29, 1.82) is 0 Å². The van der Waals surface area contributed by atoms with Gasteiger partial charge < -0.3 is 14.7 Å². The zero-order valence-electron chi connectivity index (χ0n) is 17.7. The second-order valence-electron chi connectivity index (χ2n) is 8.28. The maximum absolute atomic E-state index is 13.2. The highest BCUT2D eigenvalue weighted by Crippen LogP contribution is 2.41. The van der Waals surface area contributed by atoms with Gasteiger partial charge in [-0.05, 0) is 41.8 Å². The van der Waals surface area contributed by atoms with E-state index in [1.54, 1.807) is 6.07 Å². The molecule has 0 aromatic heterocycles. The van der Waals surface area contributed by atoms with Crippen LogP contribution in [0.5, 0.6) is 5.75 Å². The van der Waals surface area contributed by atoms with Gasteiger partial charge in [-0.1, -0.05) is 60.7 Å². The molecule has 0 saturated carbocycles. The van der Waals surface area contributed by atoms with E-state index in [1.165, 1.54) is 4.90 Å². The van der Waals surface area contributed by atoms with E-state index in [1.807, 2.05) is 79.7 Å². The second-order valence-corrected chi connectivity index (χ2v) is 8.28. The molecule has 0 unspecified atom stereocenters. The SMILES string of the molecule is C[C@@H]1Cc2cc(/C(O)=C3\C(=O)C(=O)N(Cc4ccccc4)[C@@H]3c3ccccc3)ccc2O1. The highest BCUT2D eigenvalue weighted by Gasteiger charge is 2.46. The number of aliphatic hydroxyl groups is 1. The van der Waals surface area contributed by atoms with Gasteiger partial charge in [-0.25, -0.2) is 0 Å². The van der Waals surface area contributed by atoms with Gasteiger partial charge in [0.15, 0.2) is 0 Å². The first kappa shape index (κ1) is 20.1. The Balaban J connectivity index is 1.62. The van der Waals surface area contributed by atoms with Crippen molar-refractivity contribution in [2.45, 2.75) is 32.0 Å². The molecule has 1 saturated heterocycles.